The monoisotopic (exact) mass is 422 g/mol. The van der Waals surface area contributed by atoms with Gasteiger partial charge >= 0.3 is 0 Å². The van der Waals surface area contributed by atoms with Gasteiger partial charge in [0.05, 0.1) is 5.75 Å². The van der Waals surface area contributed by atoms with Crippen LogP contribution in [0.2, 0.25) is 0 Å². The van der Waals surface area contributed by atoms with E-state index in [1.807, 2.05) is 0 Å². The van der Waals surface area contributed by atoms with Crippen LogP contribution < -0.4 is 9.46 Å². The minimum atomic E-state index is -3.54. The van der Waals surface area contributed by atoms with E-state index in [1.165, 1.54) is 44.3 Å². The normalized spacial score (nSPS) is 11.3. The zero-order valence-corrected chi connectivity index (χ0v) is 16.4. The molecule has 0 saturated heterocycles. The van der Waals surface area contributed by atoms with Gasteiger partial charge in [0.15, 0.2) is 11.6 Å². The summed E-state index contributed by atoms with van der Waals surface area (Å²) in [6.45, 7) is 3.01. The van der Waals surface area contributed by atoms with Gasteiger partial charge in [-0.1, -0.05) is 0 Å². The molecule has 2 aromatic carbocycles. The summed E-state index contributed by atoms with van der Waals surface area (Å²) < 4.78 is 72.5. The van der Waals surface area contributed by atoms with E-state index in [4.69, 9.17) is 4.74 Å². The molecule has 0 amide bonds. The molecule has 0 aliphatic carbocycles. The van der Waals surface area contributed by atoms with Crippen molar-refractivity contribution >= 4 is 15.7 Å². The van der Waals surface area contributed by atoms with E-state index in [9.17, 15) is 21.6 Å². The second-order valence-electron chi connectivity index (χ2n) is 6.22. The highest BCUT2D eigenvalue weighted by atomic mass is 32.2. The molecule has 0 saturated carbocycles. The fraction of sp³-hybridized carbons (Fsp3) is 0.150. The summed E-state index contributed by atoms with van der Waals surface area (Å²) in [6.07, 6.45) is 1.25. The minimum absolute atomic E-state index is 0.126. The standard InChI is InChI=1S/C20H17F3N2O3S/c1-3-29(26,27)25-15-5-7-18(28-19-6-4-14(21)9-17(19)22)16(10-15)13-8-12(2)20(23)24-11-13/h4-11,25H,3H2,1-2H3. The molecule has 3 rings (SSSR count). The highest BCUT2D eigenvalue weighted by Crippen LogP contribution is 2.37. The number of benzene rings is 2. The Bertz CT molecular complexity index is 1170. The number of hydrogen-bond donors (Lipinski definition) is 1. The van der Waals surface area contributed by atoms with E-state index >= 15 is 0 Å². The van der Waals surface area contributed by atoms with Crippen molar-refractivity contribution in [2.45, 2.75) is 13.8 Å². The Kier molecular flexibility index (Phi) is 5.78. The van der Waals surface area contributed by atoms with E-state index < -0.39 is 27.6 Å². The van der Waals surface area contributed by atoms with Crippen LogP contribution >= 0.6 is 0 Å². The first kappa shape index (κ1) is 20.7. The minimum Gasteiger partial charge on any atom is -0.454 e. The van der Waals surface area contributed by atoms with Gasteiger partial charge in [-0.15, -0.1) is 0 Å². The quantitative estimate of drug-likeness (QED) is 0.566. The van der Waals surface area contributed by atoms with E-state index in [-0.39, 0.29) is 28.5 Å². The lowest BCUT2D eigenvalue weighted by Crippen LogP contribution is -2.14. The van der Waals surface area contributed by atoms with Gasteiger partial charge in [-0.25, -0.2) is 22.2 Å². The Morgan fingerprint density at radius 3 is 2.41 bits per heavy atom. The Morgan fingerprint density at radius 1 is 1.03 bits per heavy atom. The maximum Gasteiger partial charge on any atom is 0.232 e. The molecule has 0 fully saturated rings. The molecule has 0 bridgehead atoms. The molecule has 0 unspecified atom stereocenters. The maximum atomic E-state index is 14.0. The Labute approximate surface area is 166 Å². The SMILES string of the molecule is CCS(=O)(=O)Nc1ccc(Oc2ccc(F)cc2F)c(-c2cnc(F)c(C)c2)c1. The van der Waals surface area contributed by atoms with Crippen LogP contribution in [0.15, 0.2) is 48.7 Å². The highest BCUT2D eigenvalue weighted by molar-refractivity contribution is 7.92. The Balaban J connectivity index is 2.10. The molecule has 0 aliphatic heterocycles. The summed E-state index contributed by atoms with van der Waals surface area (Å²) in [4.78, 5) is 3.67. The van der Waals surface area contributed by atoms with Crippen LogP contribution in [0.5, 0.6) is 11.5 Å². The number of nitrogens with one attached hydrogen (secondary N) is 1. The maximum absolute atomic E-state index is 14.0. The number of aromatic nitrogens is 1. The Morgan fingerprint density at radius 2 is 1.76 bits per heavy atom. The number of anilines is 1. The van der Waals surface area contributed by atoms with Gasteiger partial charge in [-0.2, -0.15) is 4.39 Å². The van der Waals surface area contributed by atoms with Crippen LogP contribution in [0, 0.1) is 24.5 Å². The van der Waals surface area contributed by atoms with Crippen molar-refractivity contribution in [3.63, 3.8) is 0 Å². The molecule has 9 heteroatoms. The molecular weight excluding hydrogens is 405 g/mol. The molecule has 3 aromatic rings. The lowest BCUT2D eigenvalue weighted by molar-refractivity contribution is 0.439. The van der Waals surface area contributed by atoms with Crippen molar-refractivity contribution in [1.82, 2.24) is 4.98 Å². The number of nitrogens with zero attached hydrogens (tertiary/aromatic N) is 1. The van der Waals surface area contributed by atoms with Crippen molar-refractivity contribution in [3.05, 3.63) is 71.8 Å². The first-order chi connectivity index (χ1) is 13.7. The van der Waals surface area contributed by atoms with Crippen molar-refractivity contribution in [2.75, 3.05) is 10.5 Å². The number of rotatable bonds is 6. The average molecular weight is 422 g/mol. The smallest absolute Gasteiger partial charge is 0.232 e. The number of pyridine rings is 1. The van der Waals surface area contributed by atoms with Gasteiger partial charge in [-0.05, 0) is 50.2 Å². The van der Waals surface area contributed by atoms with Crippen LogP contribution in [0.3, 0.4) is 0 Å². The molecule has 0 radical (unpaired) electrons. The zero-order chi connectivity index (χ0) is 21.2. The molecule has 1 N–H and O–H groups in total. The molecular formula is C20H17F3N2O3S. The van der Waals surface area contributed by atoms with E-state index in [0.717, 1.165) is 12.1 Å². The summed E-state index contributed by atoms with van der Waals surface area (Å²) >= 11 is 0. The molecule has 0 aliphatic rings. The van der Waals surface area contributed by atoms with Crippen LogP contribution in [0.4, 0.5) is 18.9 Å². The van der Waals surface area contributed by atoms with Gasteiger partial charge < -0.3 is 4.74 Å². The summed E-state index contributed by atoms with van der Waals surface area (Å²) in [5.74, 6) is -2.50. The van der Waals surface area contributed by atoms with Gasteiger partial charge in [0, 0.05) is 34.6 Å². The predicted octanol–water partition coefficient (Wildman–Crippen LogP) is 5.03. The summed E-state index contributed by atoms with van der Waals surface area (Å²) in [6, 6.07) is 8.72. The van der Waals surface area contributed by atoms with Crippen LogP contribution in [-0.4, -0.2) is 19.2 Å². The first-order valence-electron chi connectivity index (χ1n) is 8.58. The summed E-state index contributed by atoms with van der Waals surface area (Å²) in [7, 11) is -3.54. The zero-order valence-electron chi connectivity index (χ0n) is 15.5. The second kappa shape index (κ2) is 8.12. The number of aryl methyl sites for hydroxylation is 1. The molecule has 1 heterocycles. The topological polar surface area (TPSA) is 68.3 Å². The summed E-state index contributed by atoms with van der Waals surface area (Å²) in [5.41, 5.74) is 1.29. The van der Waals surface area contributed by atoms with Crippen molar-refractivity contribution in [1.29, 1.82) is 0 Å². The van der Waals surface area contributed by atoms with Crippen LogP contribution in [-0.2, 0) is 10.0 Å². The predicted molar refractivity (Wildman–Crippen MR) is 104 cm³/mol. The number of ether oxygens (including phenoxy) is 1. The summed E-state index contributed by atoms with van der Waals surface area (Å²) in [5, 5.41) is 0. The second-order valence-corrected chi connectivity index (χ2v) is 8.24. The fourth-order valence-corrected chi connectivity index (χ4v) is 3.17. The van der Waals surface area contributed by atoms with Crippen LogP contribution in [0.1, 0.15) is 12.5 Å². The third-order valence-electron chi connectivity index (χ3n) is 4.07. The molecule has 1 aromatic heterocycles. The lowest BCUT2D eigenvalue weighted by Gasteiger charge is -2.15. The Hall–Kier alpha value is -3.07. The number of sulfonamides is 1. The van der Waals surface area contributed by atoms with Crippen LogP contribution in [0.25, 0.3) is 11.1 Å². The van der Waals surface area contributed by atoms with Gasteiger partial charge in [0.2, 0.25) is 16.0 Å². The number of hydrogen-bond acceptors (Lipinski definition) is 4. The van der Waals surface area contributed by atoms with Gasteiger partial charge in [-0.3, -0.25) is 4.72 Å². The van der Waals surface area contributed by atoms with Gasteiger partial charge in [0.1, 0.15) is 11.6 Å². The molecule has 0 spiro atoms. The molecule has 29 heavy (non-hydrogen) atoms. The van der Waals surface area contributed by atoms with E-state index in [1.54, 1.807) is 0 Å². The largest absolute Gasteiger partial charge is 0.454 e. The third-order valence-corrected chi connectivity index (χ3v) is 5.38. The lowest BCUT2D eigenvalue weighted by atomic mass is 10.0. The number of halogens is 3. The average Bonchev–Trinajstić information content (AvgIpc) is 2.67. The van der Waals surface area contributed by atoms with Crippen molar-refractivity contribution < 1.29 is 26.3 Å². The van der Waals surface area contributed by atoms with E-state index in [0.29, 0.717) is 17.2 Å². The molecule has 0 atom stereocenters. The highest BCUT2D eigenvalue weighted by Gasteiger charge is 2.15. The third kappa shape index (κ3) is 4.86. The van der Waals surface area contributed by atoms with Gasteiger partial charge in [0.25, 0.3) is 0 Å². The van der Waals surface area contributed by atoms with Crippen molar-refractivity contribution in [3.8, 4) is 22.6 Å². The first-order valence-corrected chi connectivity index (χ1v) is 10.2. The fourth-order valence-electron chi connectivity index (χ4n) is 2.54. The van der Waals surface area contributed by atoms with Crippen molar-refractivity contribution in [2.24, 2.45) is 0 Å². The molecule has 152 valence electrons. The van der Waals surface area contributed by atoms with E-state index in [2.05, 4.69) is 9.71 Å². The molecule has 5 nitrogen and oxygen atoms in total.